The van der Waals surface area contributed by atoms with Gasteiger partial charge >= 0.3 is 0 Å². The molecule has 0 atom stereocenters. The minimum atomic E-state index is 0.498. The number of fused-ring (bicyclic) bond motifs is 1. The Labute approximate surface area is 107 Å². The van der Waals surface area contributed by atoms with Crippen molar-refractivity contribution in [2.24, 2.45) is 0 Å². The lowest BCUT2D eigenvalue weighted by atomic mass is 10.3. The topological polar surface area (TPSA) is 38.1 Å². The number of anilines is 2. The van der Waals surface area contributed by atoms with Crippen molar-refractivity contribution in [2.75, 3.05) is 5.32 Å². The van der Waals surface area contributed by atoms with Crippen LogP contribution in [0.25, 0.3) is 11.1 Å². The summed E-state index contributed by atoms with van der Waals surface area (Å²) in [6.45, 7) is 0. The standard InChI is InChI=1S/C13H9BrN2O/c14-10-7-4-8-11-12(10)17-13(16-11)15-9-5-2-1-3-6-9/h1-8H,(H,15,16). The number of para-hydroxylation sites is 2. The number of halogens is 1. The lowest BCUT2D eigenvalue weighted by Crippen LogP contribution is -1.88. The SMILES string of the molecule is Brc1cccc2nc(Nc3ccccc3)oc12. The van der Waals surface area contributed by atoms with Crippen LogP contribution in [0.2, 0.25) is 0 Å². The van der Waals surface area contributed by atoms with Gasteiger partial charge in [-0.1, -0.05) is 24.3 Å². The second-order valence-electron chi connectivity index (χ2n) is 3.60. The summed E-state index contributed by atoms with van der Waals surface area (Å²) in [5.74, 6) is 0. The maximum atomic E-state index is 5.63. The van der Waals surface area contributed by atoms with Gasteiger partial charge in [0.25, 0.3) is 6.01 Å². The zero-order chi connectivity index (χ0) is 11.7. The van der Waals surface area contributed by atoms with Crippen LogP contribution in [0.5, 0.6) is 0 Å². The van der Waals surface area contributed by atoms with Gasteiger partial charge in [-0.15, -0.1) is 0 Å². The maximum Gasteiger partial charge on any atom is 0.300 e. The lowest BCUT2D eigenvalue weighted by Gasteiger charge is -1.99. The van der Waals surface area contributed by atoms with Gasteiger partial charge in [0.1, 0.15) is 5.52 Å². The normalized spacial score (nSPS) is 10.6. The Bertz CT molecular complexity index is 649. The number of benzene rings is 2. The van der Waals surface area contributed by atoms with Crippen LogP contribution in [-0.4, -0.2) is 4.98 Å². The molecule has 84 valence electrons. The Morgan fingerprint density at radius 3 is 2.59 bits per heavy atom. The molecule has 0 aliphatic rings. The van der Waals surface area contributed by atoms with Gasteiger partial charge in [0.2, 0.25) is 0 Å². The van der Waals surface area contributed by atoms with Crippen LogP contribution in [0, 0.1) is 0 Å². The first-order valence-electron chi connectivity index (χ1n) is 5.20. The number of rotatable bonds is 2. The molecule has 1 N–H and O–H groups in total. The fourth-order valence-electron chi connectivity index (χ4n) is 1.61. The van der Waals surface area contributed by atoms with Gasteiger partial charge < -0.3 is 9.73 Å². The van der Waals surface area contributed by atoms with E-state index >= 15 is 0 Å². The van der Waals surface area contributed by atoms with Crippen molar-refractivity contribution in [3.05, 3.63) is 53.0 Å². The van der Waals surface area contributed by atoms with E-state index in [1.165, 1.54) is 0 Å². The number of nitrogens with zero attached hydrogens (tertiary/aromatic N) is 1. The van der Waals surface area contributed by atoms with E-state index in [1.54, 1.807) is 0 Å². The molecule has 0 aliphatic heterocycles. The van der Waals surface area contributed by atoms with E-state index < -0.39 is 0 Å². The largest absolute Gasteiger partial charge is 0.422 e. The van der Waals surface area contributed by atoms with Crippen LogP contribution in [-0.2, 0) is 0 Å². The van der Waals surface area contributed by atoms with Gasteiger partial charge in [-0.3, -0.25) is 0 Å². The van der Waals surface area contributed by atoms with Crippen LogP contribution >= 0.6 is 15.9 Å². The molecule has 0 saturated carbocycles. The molecule has 3 rings (SSSR count). The second-order valence-corrected chi connectivity index (χ2v) is 4.45. The van der Waals surface area contributed by atoms with E-state index in [1.807, 2.05) is 48.5 Å². The van der Waals surface area contributed by atoms with Crippen LogP contribution in [0.15, 0.2) is 57.4 Å². The molecule has 1 aromatic heterocycles. The predicted molar refractivity (Wildman–Crippen MR) is 71.4 cm³/mol. The molecule has 0 spiro atoms. The van der Waals surface area contributed by atoms with Crippen LogP contribution in [0.4, 0.5) is 11.7 Å². The molecule has 17 heavy (non-hydrogen) atoms. The van der Waals surface area contributed by atoms with Crippen LogP contribution < -0.4 is 5.32 Å². The van der Waals surface area contributed by atoms with Crippen molar-refractivity contribution in [1.82, 2.24) is 4.98 Å². The summed E-state index contributed by atoms with van der Waals surface area (Å²) in [5, 5.41) is 3.12. The van der Waals surface area contributed by atoms with E-state index in [4.69, 9.17) is 4.42 Å². The molecule has 0 saturated heterocycles. The highest BCUT2D eigenvalue weighted by molar-refractivity contribution is 9.10. The Kier molecular flexibility index (Phi) is 2.57. The summed E-state index contributed by atoms with van der Waals surface area (Å²) in [6, 6.07) is 16.1. The van der Waals surface area contributed by atoms with E-state index in [2.05, 4.69) is 26.2 Å². The Morgan fingerprint density at radius 2 is 1.82 bits per heavy atom. The highest BCUT2D eigenvalue weighted by atomic mass is 79.9. The van der Waals surface area contributed by atoms with Crippen molar-refractivity contribution in [2.45, 2.75) is 0 Å². The molecule has 0 unspecified atom stereocenters. The monoisotopic (exact) mass is 288 g/mol. The first-order valence-corrected chi connectivity index (χ1v) is 5.99. The number of nitrogens with one attached hydrogen (secondary N) is 1. The molecule has 3 aromatic rings. The van der Waals surface area contributed by atoms with E-state index in [0.717, 1.165) is 21.3 Å². The summed E-state index contributed by atoms with van der Waals surface area (Å²) in [5.41, 5.74) is 2.54. The minimum absolute atomic E-state index is 0.498. The van der Waals surface area contributed by atoms with Gasteiger partial charge in [0.15, 0.2) is 5.58 Å². The first-order chi connectivity index (χ1) is 8.33. The zero-order valence-corrected chi connectivity index (χ0v) is 10.4. The Hall–Kier alpha value is -1.81. The Morgan fingerprint density at radius 1 is 1.00 bits per heavy atom. The average molecular weight is 289 g/mol. The van der Waals surface area contributed by atoms with Gasteiger partial charge in [0.05, 0.1) is 4.47 Å². The average Bonchev–Trinajstić information content (AvgIpc) is 2.74. The molecular formula is C13H9BrN2O. The third-order valence-corrected chi connectivity index (χ3v) is 3.02. The van der Waals surface area contributed by atoms with Gasteiger partial charge in [0, 0.05) is 5.69 Å². The second kappa shape index (κ2) is 4.22. The quantitative estimate of drug-likeness (QED) is 0.763. The third kappa shape index (κ3) is 2.03. The molecule has 0 amide bonds. The summed E-state index contributed by atoms with van der Waals surface area (Å²) in [7, 11) is 0. The first kappa shape index (κ1) is 10.4. The zero-order valence-electron chi connectivity index (χ0n) is 8.85. The molecule has 1 heterocycles. The summed E-state index contributed by atoms with van der Waals surface area (Å²) < 4.78 is 6.54. The van der Waals surface area contributed by atoms with Gasteiger partial charge in [-0.2, -0.15) is 4.98 Å². The Balaban J connectivity index is 1.99. The van der Waals surface area contributed by atoms with Crippen molar-refractivity contribution in [1.29, 1.82) is 0 Å². The predicted octanol–water partition coefficient (Wildman–Crippen LogP) is 4.33. The minimum Gasteiger partial charge on any atom is -0.422 e. The molecule has 3 nitrogen and oxygen atoms in total. The molecule has 2 aromatic carbocycles. The lowest BCUT2D eigenvalue weighted by molar-refractivity contribution is 0.621. The van der Waals surface area contributed by atoms with Crippen LogP contribution in [0.3, 0.4) is 0 Å². The summed E-state index contributed by atoms with van der Waals surface area (Å²) in [4.78, 5) is 4.36. The molecule has 4 heteroatoms. The highest BCUT2D eigenvalue weighted by Crippen LogP contribution is 2.27. The van der Waals surface area contributed by atoms with E-state index in [0.29, 0.717) is 6.01 Å². The molecule has 0 radical (unpaired) electrons. The van der Waals surface area contributed by atoms with Crippen molar-refractivity contribution >= 4 is 38.7 Å². The van der Waals surface area contributed by atoms with Gasteiger partial charge in [-0.25, -0.2) is 0 Å². The summed E-state index contributed by atoms with van der Waals surface area (Å²) in [6.07, 6.45) is 0. The van der Waals surface area contributed by atoms with E-state index in [9.17, 15) is 0 Å². The van der Waals surface area contributed by atoms with Crippen molar-refractivity contribution < 1.29 is 4.42 Å². The number of aromatic nitrogens is 1. The van der Waals surface area contributed by atoms with Crippen molar-refractivity contribution in [3.63, 3.8) is 0 Å². The maximum absolute atomic E-state index is 5.63. The number of oxazole rings is 1. The fraction of sp³-hybridized carbons (Fsp3) is 0. The van der Waals surface area contributed by atoms with Crippen molar-refractivity contribution in [3.8, 4) is 0 Å². The molecule has 0 bridgehead atoms. The van der Waals surface area contributed by atoms with E-state index in [-0.39, 0.29) is 0 Å². The number of hydrogen-bond acceptors (Lipinski definition) is 3. The number of hydrogen-bond donors (Lipinski definition) is 1. The molecular weight excluding hydrogens is 280 g/mol. The third-order valence-electron chi connectivity index (χ3n) is 2.39. The highest BCUT2D eigenvalue weighted by Gasteiger charge is 2.07. The smallest absolute Gasteiger partial charge is 0.300 e. The van der Waals surface area contributed by atoms with Crippen LogP contribution in [0.1, 0.15) is 0 Å². The molecule has 0 aliphatic carbocycles. The molecule has 0 fully saturated rings. The fourth-order valence-corrected chi connectivity index (χ4v) is 2.05. The summed E-state index contributed by atoms with van der Waals surface area (Å²) >= 11 is 3.43. The van der Waals surface area contributed by atoms with Gasteiger partial charge in [-0.05, 0) is 40.2 Å².